The van der Waals surface area contributed by atoms with E-state index in [1.807, 2.05) is 13.8 Å². The van der Waals surface area contributed by atoms with Gasteiger partial charge in [0, 0.05) is 18.4 Å². The number of ether oxygens (including phenoxy) is 3. The predicted octanol–water partition coefficient (Wildman–Crippen LogP) is 1.67. The lowest BCUT2D eigenvalue weighted by Crippen LogP contribution is -2.48. The van der Waals surface area contributed by atoms with E-state index in [4.69, 9.17) is 14.2 Å². The zero-order chi connectivity index (χ0) is 13.9. The van der Waals surface area contributed by atoms with Crippen LogP contribution in [-0.2, 0) is 23.8 Å². The van der Waals surface area contributed by atoms with Gasteiger partial charge < -0.3 is 14.2 Å². The first-order valence-corrected chi connectivity index (χ1v) is 5.98. The number of carbonyl (C=O) groups is 2. The summed E-state index contributed by atoms with van der Waals surface area (Å²) in [5.74, 6) is -0.667. The highest BCUT2D eigenvalue weighted by Gasteiger charge is 2.40. The van der Waals surface area contributed by atoms with Crippen LogP contribution >= 0.6 is 0 Å². The summed E-state index contributed by atoms with van der Waals surface area (Å²) in [7, 11) is 0. The van der Waals surface area contributed by atoms with Crippen molar-refractivity contribution in [3.05, 3.63) is 12.2 Å². The second-order valence-electron chi connectivity index (χ2n) is 4.80. The van der Waals surface area contributed by atoms with Gasteiger partial charge in [-0.15, -0.1) is 0 Å². The molecule has 4 atom stereocenters. The minimum atomic E-state index is -0.857. The second-order valence-corrected chi connectivity index (χ2v) is 4.80. The lowest BCUT2D eigenvalue weighted by Gasteiger charge is -2.38. The topological polar surface area (TPSA) is 61.8 Å². The van der Waals surface area contributed by atoms with Gasteiger partial charge in [0.15, 0.2) is 6.10 Å². The summed E-state index contributed by atoms with van der Waals surface area (Å²) in [5.41, 5.74) is 0.284. The summed E-state index contributed by atoms with van der Waals surface area (Å²) >= 11 is 0. The maximum Gasteiger partial charge on any atom is 0.335 e. The molecule has 0 saturated carbocycles. The Kier molecular flexibility index (Phi) is 4.90. The van der Waals surface area contributed by atoms with Gasteiger partial charge in [0.1, 0.15) is 0 Å². The van der Waals surface area contributed by atoms with Gasteiger partial charge in [0.05, 0.1) is 6.61 Å². The molecule has 1 fully saturated rings. The summed E-state index contributed by atoms with van der Waals surface area (Å²) in [4.78, 5) is 22.6. The number of esters is 2. The fourth-order valence-electron chi connectivity index (χ4n) is 1.73. The third kappa shape index (κ3) is 3.57. The molecule has 4 unspecified atom stereocenters. The fraction of sp³-hybridized carbons (Fsp3) is 0.692. The van der Waals surface area contributed by atoms with Gasteiger partial charge >= 0.3 is 11.9 Å². The van der Waals surface area contributed by atoms with Crippen molar-refractivity contribution in [2.75, 3.05) is 6.61 Å². The van der Waals surface area contributed by atoms with Gasteiger partial charge in [0.25, 0.3) is 0 Å². The van der Waals surface area contributed by atoms with Gasteiger partial charge in [0.2, 0.25) is 6.29 Å². The summed E-state index contributed by atoms with van der Waals surface area (Å²) < 4.78 is 15.8. The maximum atomic E-state index is 11.5. The summed E-state index contributed by atoms with van der Waals surface area (Å²) in [6, 6.07) is 0. The Morgan fingerprint density at radius 2 is 1.83 bits per heavy atom. The molecule has 0 aromatic heterocycles. The minimum Gasteiger partial charge on any atom is -0.456 e. The van der Waals surface area contributed by atoms with E-state index in [0.717, 1.165) is 0 Å². The highest BCUT2D eigenvalue weighted by atomic mass is 16.7. The molecule has 0 N–H and O–H groups in total. The Labute approximate surface area is 107 Å². The Morgan fingerprint density at radius 1 is 1.22 bits per heavy atom. The minimum absolute atomic E-state index is 0.0607. The van der Waals surface area contributed by atoms with Crippen LogP contribution in [0.3, 0.4) is 0 Å². The van der Waals surface area contributed by atoms with E-state index >= 15 is 0 Å². The molecule has 0 radical (unpaired) electrons. The molecule has 5 heteroatoms. The number of rotatable bonds is 3. The molecular weight excluding hydrogens is 236 g/mol. The smallest absolute Gasteiger partial charge is 0.335 e. The molecule has 102 valence electrons. The van der Waals surface area contributed by atoms with Crippen molar-refractivity contribution < 1.29 is 23.8 Å². The largest absolute Gasteiger partial charge is 0.456 e. The summed E-state index contributed by atoms with van der Waals surface area (Å²) in [6.45, 7) is 10.8. The van der Waals surface area contributed by atoms with Gasteiger partial charge in [-0.05, 0) is 12.8 Å². The van der Waals surface area contributed by atoms with E-state index in [1.54, 1.807) is 6.92 Å². The van der Waals surface area contributed by atoms with Gasteiger partial charge in [-0.3, -0.25) is 4.79 Å². The maximum absolute atomic E-state index is 11.5. The highest BCUT2D eigenvalue weighted by Crippen LogP contribution is 2.29. The number of hydrogen-bond acceptors (Lipinski definition) is 5. The zero-order valence-electron chi connectivity index (χ0n) is 11.3. The predicted molar refractivity (Wildman–Crippen MR) is 64.5 cm³/mol. The average molecular weight is 256 g/mol. The van der Waals surface area contributed by atoms with E-state index < -0.39 is 24.3 Å². The molecule has 1 saturated heterocycles. The van der Waals surface area contributed by atoms with Crippen molar-refractivity contribution in [1.29, 1.82) is 0 Å². The molecular formula is C13H20O5. The molecule has 0 amide bonds. The first kappa shape index (κ1) is 14.7. The third-order valence-corrected chi connectivity index (χ3v) is 3.08. The first-order chi connectivity index (χ1) is 8.32. The van der Waals surface area contributed by atoms with Crippen LogP contribution in [-0.4, -0.2) is 30.9 Å². The van der Waals surface area contributed by atoms with Crippen LogP contribution in [0, 0.1) is 11.8 Å². The molecule has 1 heterocycles. The van der Waals surface area contributed by atoms with Crippen molar-refractivity contribution >= 4 is 11.9 Å². The van der Waals surface area contributed by atoms with Crippen molar-refractivity contribution in [3.63, 3.8) is 0 Å². The van der Waals surface area contributed by atoms with Gasteiger partial charge in [-0.2, -0.15) is 0 Å². The van der Waals surface area contributed by atoms with Crippen molar-refractivity contribution in [1.82, 2.24) is 0 Å². The average Bonchev–Trinajstić information content (AvgIpc) is 2.27. The Morgan fingerprint density at radius 3 is 2.33 bits per heavy atom. The number of hydrogen-bond donors (Lipinski definition) is 0. The van der Waals surface area contributed by atoms with Gasteiger partial charge in [-0.25, -0.2) is 4.79 Å². The SMILES string of the molecule is C=C(C)C(=O)OC1OCC(C)C(C)C1OC(C)=O. The van der Waals surface area contributed by atoms with E-state index in [-0.39, 0.29) is 17.4 Å². The van der Waals surface area contributed by atoms with E-state index in [9.17, 15) is 9.59 Å². The van der Waals surface area contributed by atoms with E-state index in [1.165, 1.54) is 6.92 Å². The van der Waals surface area contributed by atoms with Crippen LogP contribution in [0.15, 0.2) is 12.2 Å². The van der Waals surface area contributed by atoms with Crippen LogP contribution < -0.4 is 0 Å². The number of carbonyl (C=O) groups excluding carboxylic acids is 2. The van der Waals surface area contributed by atoms with E-state index in [2.05, 4.69) is 6.58 Å². The molecule has 0 aliphatic carbocycles. The monoisotopic (exact) mass is 256 g/mol. The van der Waals surface area contributed by atoms with Crippen molar-refractivity contribution in [2.24, 2.45) is 11.8 Å². The fourth-order valence-corrected chi connectivity index (χ4v) is 1.73. The molecule has 1 aliphatic rings. The second kappa shape index (κ2) is 6.00. The summed E-state index contributed by atoms with van der Waals surface area (Å²) in [5, 5.41) is 0. The van der Waals surface area contributed by atoms with Crippen LogP contribution in [0.4, 0.5) is 0 Å². The molecule has 5 nitrogen and oxygen atoms in total. The molecule has 18 heavy (non-hydrogen) atoms. The molecule has 1 rings (SSSR count). The Hall–Kier alpha value is -1.36. The quantitative estimate of drug-likeness (QED) is 0.567. The molecule has 0 aromatic carbocycles. The van der Waals surface area contributed by atoms with Crippen LogP contribution in [0.25, 0.3) is 0 Å². The zero-order valence-corrected chi connectivity index (χ0v) is 11.3. The van der Waals surface area contributed by atoms with Crippen LogP contribution in [0.1, 0.15) is 27.7 Å². The Balaban J connectivity index is 2.76. The van der Waals surface area contributed by atoms with E-state index in [0.29, 0.717) is 6.61 Å². The van der Waals surface area contributed by atoms with Crippen LogP contribution in [0.2, 0.25) is 0 Å². The Bertz CT molecular complexity index is 349. The van der Waals surface area contributed by atoms with Gasteiger partial charge in [-0.1, -0.05) is 20.4 Å². The summed E-state index contributed by atoms with van der Waals surface area (Å²) in [6.07, 6.45) is -1.43. The highest BCUT2D eigenvalue weighted by molar-refractivity contribution is 5.87. The molecule has 0 aromatic rings. The third-order valence-electron chi connectivity index (χ3n) is 3.08. The first-order valence-electron chi connectivity index (χ1n) is 5.98. The van der Waals surface area contributed by atoms with Crippen molar-refractivity contribution in [3.8, 4) is 0 Å². The molecule has 0 spiro atoms. The lowest BCUT2D eigenvalue weighted by atomic mass is 9.88. The molecule has 0 bridgehead atoms. The van der Waals surface area contributed by atoms with Crippen molar-refractivity contribution in [2.45, 2.75) is 40.1 Å². The lowest BCUT2D eigenvalue weighted by molar-refractivity contribution is -0.243. The standard InChI is InChI=1S/C13H20O5/c1-7(2)12(15)18-13-11(17-10(5)14)9(4)8(3)6-16-13/h8-9,11,13H,1,6H2,2-5H3. The normalized spacial score (nSPS) is 31.6. The van der Waals surface area contributed by atoms with Crippen LogP contribution in [0.5, 0.6) is 0 Å². The molecule has 1 aliphatic heterocycles.